The van der Waals surface area contributed by atoms with E-state index in [1.165, 1.54) is 31.2 Å². The number of piperidine rings is 1. The van der Waals surface area contributed by atoms with Crippen molar-refractivity contribution in [2.45, 2.75) is 63.5 Å². The summed E-state index contributed by atoms with van der Waals surface area (Å²) in [6.45, 7) is 3.19. The minimum absolute atomic E-state index is 0.102. The number of hydrogen-bond donors (Lipinski definition) is 1. The van der Waals surface area contributed by atoms with Crippen molar-refractivity contribution in [3.8, 4) is 0 Å². The van der Waals surface area contributed by atoms with Crippen molar-refractivity contribution in [1.82, 2.24) is 4.90 Å². The van der Waals surface area contributed by atoms with Crippen molar-refractivity contribution in [1.29, 1.82) is 0 Å². The normalized spacial score (nSPS) is 32.6. The summed E-state index contributed by atoms with van der Waals surface area (Å²) in [6, 6.07) is 11.3. The maximum absolute atomic E-state index is 11.4. The Morgan fingerprint density at radius 2 is 1.81 bits per heavy atom. The molecule has 1 saturated heterocycles. The summed E-state index contributed by atoms with van der Waals surface area (Å²) in [5.41, 5.74) is 1.04. The molecule has 2 heteroatoms. The molecular formula is C19H29NO. The monoisotopic (exact) mass is 287 g/mol. The molecule has 1 aliphatic heterocycles. The summed E-state index contributed by atoms with van der Waals surface area (Å²) < 4.78 is 0. The lowest BCUT2D eigenvalue weighted by atomic mass is 9.59. The number of rotatable bonds is 3. The fourth-order valence-electron chi connectivity index (χ4n) is 5.02. The zero-order chi connectivity index (χ0) is 14.9. The van der Waals surface area contributed by atoms with E-state index in [1.807, 2.05) is 0 Å². The van der Waals surface area contributed by atoms with E-state index in [9.17, 15) is 5.11 Å². The zero-order valence-corrected chi connectivity index (χ0v) is 13.5. The van der Waals surface area contributed by atoms with Gasteiger partial charge in [-0.1, -0.05) is 50.1 Å². The highest BCUT2D eigenvalue weighted by atomic mass is 16.3. The van der Waals surface area contributed by atoms with Gasteiger partial charge in [0.2, 0.25) is 0 Å². The van der Waals surface area contributed by atoms with Gasteiger partial charge in [-0.3, -0.25) is 0 Å². The second-order valence-electron chi connectivity index (χ2n) is 7.18. The van der Waals surface area contributed by atoms with Gasteiger partial charge in [-0.05, 0) is 44.7 Å². The lowest BCUT2D eigenvalue weighted by molar-refractivity contribution is -0.160. The Balaban J connectivity index is 1.94. The molecule has 1 heterocycles. The van der Waals surface area contributed by atoms with Crippen LogP contribution >= 0.6 is 0 Å². The molecule has 1 aromatic carbocycles. The lowest BCUT2D eigenvalue weighted by Gasteiger charge is -2.57. The summed E-state index contributed by atoms with van der Waals surface area (Å²) in [7, 11) is 2.25. The highest BCUT2D eigenvalue weighted by Gasteiger charge is 2.58. The van der Waals surface area contributed by atoms with Gasteiger partial charge in [0.25, 0.3) is 0 Å². The van der Waals surface area contributed by atoms with Gasteiger partial charge in [0.05, 0.1) is 5.60 Å². The molecule has 1 N–H and O–H groups in total. The Kier molecular flexibility index (Phi) is 4.11. The predicted octanol–water partition coefficient (Wildman–Crippen LogP) is 3.63. The average Bonchev–Trinajstić information content (AvgIpc) is 3.00. The Morgan fingerprint density at radius 3 is 2.43 bits per heavy atom. The number of nitrogens with zero attached hydrogens (tertiary/aromatic N) is 1. The number of hydrogen-bond acceptors (Lipinski definition) is 2. The minimum Gasteiger partial charge on any atom is -0.389 e. The smallest absolute Gasteiger partial charge is 0.0728 e. The van der Waals surface area contributed by atoms with Crippen LogP contribution in [-0.2, 0) is 6.42 Å². The van der Waals surface area contributed by atoms with E-state index in [1.54, 1.807) is 0 Å². The van der Waals surface area contributed by atoms with Crippen molar-refractivity contribution in [2.75, 3.05) is 13.6 Å². The molecule has 0 amide bonds. The summed E-state index contributed by atoms with van der Waals surface area (Å²) in [5.74, 6) is 0. The van der Waals surface area contributed by atoms with Crippen molar-refractivity contribution >= 4 is 0 Å². The van der Waals surface area contributed by atoms with Crippen LogP contribution in [0.25, 0.3) is 0 Å². The summed E-state index contributed by atoms with van der Waals surface area (Å²) in [6.07, 6.45) is 7.85. The Bertz CT molecular complexity index is 466. The molecule has 1 saturated carbocycles. The van der Waals surface area contributed by atoms with Crippen LogP contribution in [0.15, 0.2) is 30.3 Å². The quantitative estimate of drug-likeness (QED) is 0.917. The van der Waals surface area contributed by atoms with Crippen molar-refractivity contribution in [3.05, 3.63) is 35.9 Å². The lowest BCUT2D eigenvalue weighted by Crippen LogP contribution is -2.64. The first kappa shape index (κ1) is 15.1. The van der Waals surface area contributed by atoms with Crippen LogP contribution in [0, 0.1) is 5.41 Å². The second-order valence-corrected chi connectivity index (χ2v) is 7.18. The van der Waals surface area contributed by atoms with E-state index in [4.69, 9.17) is 0 Å². The van der Waals surface area contributed by atoms with E-state index >= 15 is 0 Å². The van der Waals surface area contributed by atoms with E-state index in [0.29, 0.717) is 6.04 Å². The molecule has 0 aromatic heterocycles. The van der Waals surface area contributed by atoms with E-state index in [0.717, 1.165) is 25.8 Å². The first-order valence-electron chi connectivity index (χ1n) is 8.58. The largest absolute Gasteiger partial charge is 0.389 e. The second kappa shape index (κ2) is 5.73. The standard InChI is InChI=1S/C19H29NO/c1-3-19(21)13-14-20(2)17(18(19)11-7-8-12-18)15-16-9-5-4-6-10-16/h4-6,9-10,17,21H,3,7-8,11-15H2,1-2H3. The van der Waals surface area contributed by atoms with Gasteiger partial charge in [-0.2, -0.15) is 0 Å². The highest BCUT2D eigenvalue weighted by molar-refractivity contribution is 5.20. The fraction of sp³-hybridized carbons (Fsp3) is 0.684. The Labute approximate surface area is 129 Å². The van der Waals surface area contributed by atoms with Crippen LogP contribution in [0.5, 0.6) is 0 Å². The predicted molar refractivity (Wildman–Crippen MR) is 87.3 cm³/mol. The third-order valence-electron chi connectivity index (χ3n) is 6.33. The van der Waals surface area contributed by atoms with E-state index < -0.39 is 5.60 Å². The van der Waals surface area contributed by atoms with Crippen LogP contribution in [-0.4, -0.2) is 35.2 Å². The Hall–Kier alpha value is -0.860. The van der Waals surface area contributed by atoms with Crippen LogP contribution < -0.4 is 0 Å². The van der Waals surface area contributed by atoms with Gasteiger partial charge in [-0.25, -0.2) is 0 Å². The topological polar surface area (TPSA) is 23.5 Å². The van der Waals surface area contributed by atoms with Crippen molar-refractivity contribution in [2.24, 2.45) is 5.41 Å². The molecular weight excluding hydrogens is 258 g/mol. The first-order valence-corrected chi connectivity index (χ1v) is 8.58. The van der Waals surface area contributed by atoms with Gasteiger partial charge < -0.3 is 10.0 Å². The molecule has 2 unspecified atom stereocenters. The molecule has 2 atom stereocenters. The van der Waals surface area contributed by atoms with Crippen LogP contribution in [0.1, 0.15) is 51.0 Å². The average molecular weight is 287 g/mol. The Morgan fingerprint density at radius 1 is 1.14 bits per heavy atom. The zero-order valence-electron chi connectivity index (χ0n) is 13.5. The fourth-order valence-corrected chi connectivity index (χ4v) is 5.02. The van der Waals surface area contributed by atoms with Crippen LogP contribution in [0.4, 0.5) is 0 Å². The van der Waals surface area contributed by atoms with Crippen LogP contribution in [0.2, 0.25) is 0 Å². The third-order valence-corrected chi connectivity index (χ3v) is 6.33. The maximum atomic E-state index is 11.4. The van der Waals surface area contributed by atoms with Gasteiger partial charge in [0.1, 0.15) is 0 Å². The van der Waals surface area contributed by atoms with E-state index in [2.05, 4.69) is 49.2 Å². The number of aliphatic hydroxyl groups is 1. The molecule has 2 fully saturated rings. The first-order chi connectivity index (χ1) is 10.1. The maximum Gasteiger partial charge on any atom is 0.0728 e. The molecule has 1 aliphatic carbocycles. The summed E-state index contributed by atoms with van der Waals surface area (Å²) in [5, 5.41) is 11.4. The van der Waals surface area contributed by atoms with Crippen molar-refractivity contribution < 1.29 is 5.11 Å². The summed E-state index contributed by atoms with van der Waals surface area (Å²) >= 11 is 0. The van der Waals surface area contributed by atoms with Gasteiger partial charge >= 0.3 is 0 Å². The number of likely N-dealkylation sites (N-methyl/N-ethyl adjacent to an activating group) is 1. The third kappa shape index (κ3) is 2.43. The number of likely N-dealkylation sites (tertiary alicyclic amines) is 1. The molecule has 1 aromatic rings. The minimum atomic E-state index is -0.463. The van der Waals surface area contributed by atoms with Gasteiger partial charge in [0.15, 0.2) is 0 Å². The molecule has 0 radical (unpaired) electrons. The number of benzene rings is 1. The molecule has 2 aliphatic rings. The molecule has 3 rings (SSSR count). The molecule has 0 bridgehead atoms. The van der Waals surface area contributed by atoms with Gasteiger partial charge in [0, 0.05) is 18.0 Å². The molecule has 21 heavy (non-hydrogen) atoms. The van der Waals surface area contributed by atoms with E-state index in [-0.39, 0.29) is 5.41 Å². The molecule has 1 spiro atoms. The summed E-state index contributed by atoms with van der Waals surface area (Å²) in [4.78, 5) is 2.52. The molecule has 116 valence electrons. The SMILES string of the molecule is CCC1(O)CCN(C)C(Cc2ccccc2)C12CCCC2. The van der Waals surface area contributed by atoms with Crippen molar-refractivity contribution in [3.63, 3.8) is 0 Å². The molecule has 2 nitrogen and oxygen atoms in total. The highest BCUT2D eigenvalue weighted by Crippen LogP contribution is 2.55. The van der Waals surface area contributed by atoms with Crippen LogP contribution in [0.3, 0.4) is 0 Å². The van der Waals surface area contributed by atoms with Gasteiger partial charge in [-0.15, -0.1) is 0 Å².